The molecule has 0 atom stereocenters. The maximum atomic E-state index is 12.5. The van der Waals surface area contributed by atoms with Gasteiger partial charge in [0, 0.05) is 16.4 Å². The van der Waals surface area contributed by atoms with Crippen molar-refractivity contribution in [2.45, 2.75) is 13.8 Å². The molecule has 21 heavy (non-hydrogen) atoms. The van der Waals surface area contributed by atoms with Crippen molar-refractivity contribution in [3.05, 3.63) is 64.0 Å². The summed E-state index contributed by atoms with van der Waals surface area (Å²) in [5, 5.41) is 2.90. The van der Waals surface area contributed by atoms with Gasteiger partial charge in [-0.15, -0.1) is 0 Å². The number of nitrogens with one attached hydrogen (secondary N) is 1. The van der Waals surface area contributed by atoms with Crippen molar-refractivity contribution in [1.29, 1.82) is 0 Å². The summed E-state index contributed by atoms with van der Waals surface area (Å²) in [7, 11) is 0. The number of hydrogen-bond donors (Lipinski definition) is 1. The molecule has 0 aliphatic rings. The zero-order valence-corrected chi connectivity index (χ0v) is 13.3. The first-order chi connectivity index (χ1) is 10.0. The second-order valence-corrected chi connectivity index (χ2v) is 5.86. The summed E-state index contributed by atoms with van der Waals surface area (Å²) < 4.78 is 2.74. The number of aryl methyl sites for hydroxylation is 2. The first kappa shape index (κ1) is 13.8. The Morgan fingerprint density at radius 2 is 2.05 bits per heavy atom. The number of hydrogen-bond acceptors (Lipinski definition) is 2. The minimum Gasteiger partial charge on any atom is -0.321 e. The van der Waals surface area contributed by atoms with Gasteiger partial charge in [0.1, 0.15) is 11.3 Å². The summed E-state index contributed by atoms with van der Waals surface area (Å²) in [4.78, 5) is 17.0. The molecule has 4 nitrogen and oxygen atoms in total. The highest BCUT2D eigenvalue weighted by molar-refractivity contribution is 9.10. The van der Waals surface area contributed by atoms with Gasteiger partial charge in [0.05, 0.1) is 5.69 Å². The molecule has 0 radical (unpaired) electrons. The van der Waals surface area contributed by atoms with Crippen molar-refractivity contribution in [1.82, 2.24) is 9.38 Å². The fourth-order valence-electron chi connectivity index (χ4n) is 2.29. The summed E-state index contributed by atoms with van der Waals surface area (Å²) in [5.74, 6) is -0.165. The average Bonchev–Trinajstić information content (AvgIpc) is 2.73. The molecule has 2 heterocycles. The van der Waals surface area contributed by atoms with E-state index in [1.807, 2.05) is 60.8 Å². The molecule has 0 saturated heterocycles. The zero-order chi connectivity index (χ0) is 15.0. The minimum atomic E-state index is -0.165. The van der Waals surface area contributed by atoms with Crippen LogP contribution in [0.5, 0.6) is 0 Å². The SMILES string of the molecule is Cc1ccn2c(C(=O)Nc3cccc(Br)c3)c(C)nc2c1. The molecule has 0 fully saturated rings. The molecule has 0 unspecified atom stereocenters. The van der Waals surface area contributed by atoms with Crippen LogP contribution in [0, 0.1) is 13.8 Å². The van der Waals surface area contributed by atoms with Crippen LogP contribution in [0.1, 0.15) is 21.7 Å². The number of carbonyl (C=O) groups excluding carboxylic acids is 1. The van der Waals surface area contributed by atoms with Gasteiger partial charge in [-0.05, 0) is 49.7 Å². The maximum Gasteiger partial charge on any atom is 0.274 e. The number of amides is 1. The molecule has 1 N–H and O–H groups in total. The highest BCUT2D eigenvalue weighted by atomic mass is 79.9. The molecule has 2 aromatic heterocycles. The Balaban J connectivity index is 2.00. The van der Waals surface area contributed by atoms with E-state index in [2.05, 4.69) is 26.2 Å². The molecule has 0 aliphatic carbocycles. The second-order valence-electron chi connectivity index (χ2n) is 4.94. The van der Waals surface area contributed by atoms with Gasteiger partial charge in [-0.3, -0.25) is 9.20 Å². The molecule has 1 amide bonds. The Hall–Kier alpha value is -2.14. The monoisotopic (exact) mass is 343 g/mol. The summed E-state index contributed by atoms with van der Waals surface area (Å²) >= 11 is 3.39. The maximum absolute atomic E-state index is 12.5. The molecule has 0 spiro atoms. The van der Waals surface area contributed by atoms with Gasteiger partial charge < -0.3 is 5.32 Å². The fourth-order valence-corrected chi connectivity index (χ4v) is 2.69. The van der Waals surface area contributed by atoms with Crippen molar-refractivity contribution in [2.24, 2.45) is 0 Å². The van der Waals surface area contributed by atoms with Crippen molar-refractivity contribution >= 4 is 33.2 Å². The lowest BCUT2D eigenvalue weighted by Crippen LogP contribution is -2.15. The van der Waals surface area contributed by atoms with E-state index in [1.165, 1.54) is 0 Å². The van der Waals surface area contributed by atoms with Crippen LogP contribution in [-0.2, 0) is 0 Å². The van der Waals surface area contributed by atoms with Crippen LogP contribution < -0.4 is 5.32 Å². The van der Waals surface area contributed by atoms with Crippen LogP contribution in [0.4, 0.5) is 5.69 Å². The molecule has 1 aromatic carbocycles. The molecular formula is C16H14BrN3O. The molecule has 106 valence electrons. The van der Waals surface area contributed by atoms with E-state index in [0.29, 0.717) is 11.4 Å². The van der Waals surface area contributed by atoms with Gasteiger partial charge in [0.2, 0.25) is 0 Å². The number of aromatic nitrogens is 2. The van der Waals surface area contributed by atoms with E-state index < -0.39 is 0 Å². The summed E-state index contributed by atoms with van der Waals surface area (Å²) in [6, 6.07) is 11.4. The normalized spacial score (nSPS) is 10.8. The van der Waals surface area contributed by atoms with Crippen LogP contribution in [0.15, 0.2) is 47.1 Å². The third kappa shape index (κ3) is 2.69. The third-order valence-corrected chi connectivity index (χ3v) is 3.75. The summed E-state index contributed by atoms with van der Waals surface area (Å²) in [5.41, 5.74) is 3.92. The van der Waals surface area contributed by atoms with Gasteiger partial charge in [-0.25, -0.2) is 4.98 Å². The number of carbonyl (C=O) groups is 1. The highest BCUT2D eigenvalue weighted by Gasteiger charge is 2.16. The van der Waals surface area contributed by atoms with Crippen LogP contribution in [0.3, 0.4) is 0 Å². The van der Waals surface area contributed by atoms with Crippen molar-refractivity contribution in [3.8, 4) is 0 Å². The number of nitrogens with zero attached hydrogens (tertiary/aromatic N) is 2. The van der Waals surface area contributed by atoms with Gasteiger partial charge in [0.25, 0.3) is 5.91 Å². The predicted octanol–water partition coefficient (Wildman–Crippen LogP) is 3.97. The summed E-state index contributed by atoms with van der Waals surface area (Å²) in [6.45, 7) is 3.85. The Bertz CT molecular complexity index is 839. The number of benzene rings is 1. The Kier molecular flexibility index (Phi) is 3.51. The largest absolute Gasteiger partial charge is 0.321 e. The Morgan fingerprint density at radius 3 is 2.81 bits per heavy atom. The van der Waals surface area contributed by atoms with Crippen molar-refractivity contribution < 1.29 is 4.79 Å². The Labute approximate surface area is 131 Å². The van der Waals surface area contributed by atoms with E-state index in [4.69, 9.17) is 0 Å². The van der Waals surface area contributed by atoms with Crippen LogP contribution in [-0.4, -0.2) is 15.3 Å². The number of rotatable bonds is 2. The van der Waals surface area contributed by atoms with E-state index in [0.717, 1.165) is 21.4 Å². The number of anilines is 1. The average molecular weight is 344 g/mol. The molecule has 5 heteroatoms. The van der Waals surface area contributed by atoms with Crippen LogP contribution >= 0.6 is 15.9 Å². The molecule has 0 saturated carbocycles. The van der Waals surface area contributed by atoms with Gasteiger partial charge in [-0.1, -0.05) is 22.0 Å². The molecule has 0 bridgehead atoms. The third-order valence-electron chi connectivity index (χ3n) is 3.25. The molecular weight excluding hydrogens is 330 g/mol. The lowest BCUT2D eigenvalue weighted by atomic mass is 10.2. The number of fused-ring (bicyclic) bond motifs is 1. The quantitative estimate of drug-likeness (QED) is 0.765. The lowest BCUT2D eigenvalue weighted by Gasteiger charge is -2.06. The van der Waals surface area contributed by atoms with E-state index in [1.54, 1.807) is 0 Å². The zero-order valence-electron chi connectivity index (χ0n) is 11.7. The first-order valence-electron chi connectivity index (χ1n) is 6.57. The molecule has 3 rings (SSSR count). The number of halogens is 1. The van der Waals surface area contributed by atoms with E-state index in [-0.39, 0.29) is 5.91 Å². The second kappa shape index (κ2) is 5.33. The van der Waals surface area contributed by atoms with Crippen LogP contribution in [0.25, 0.3) is 5.65 Å². The number of pyridine rings is 1. The van der Waals surface area contributed by atoms with Gasteiger partial charge >= 0.3 is 0 Å². The van der Waals surface area contributed by atoms with Gasteiger partial charge in [-0.2, -0.15) is 0 Å². The summed E-state index contributed by atoms with van der Waals surface area (Å²) in [6.07, 6.45) is 1.88. The van der Waals surface area contributed by atoms with Crippen molar-refractivity contribution in [2.75, 3.05) is 5.32 Å². The molecule has 0 aliphatic heterocycles. The highest BCUT2D eigenvalue weighted by Crippen LogP contribution is 2.18. The van der Waals surface area contributed by atoms with E-state index >= 15 is 0 Å². The topological polar surface area (TPSA) is 46.4 Å². The molecule has 3 aromatic rings. The van der Waals surface area contributed by atoms with Gasteiger partial charge in [0.15, 0.2) is 0 Å². The lowest BCUT2D eigenvalue weighted by molar-refractivity contribution is 0.102. The standard InChI is InChI=1S/C16H14BrN3O/c1-10-6-7-20-14(8-10)18-11(2)15(20)16(21)19-13-5-3-4-12(17)9-13/h3-9H,1-2H3,(H,19,21). The minimum absolute atomic E-state index is 0.165. The predicted molar refractivity (Wildman–Crippen MR) is 86.8 cm³/mol. The van der Waals surface area contributed by atoms with E-state index in [9.17, 15) is 4.79 Å². The fraction of sp³-hybridized carbons (Fsp3) is 0.125. The first-order valence-corrected chi connectivity index (χ1v) is 7.36. The Morgan fingerprint density at radius 1 is 1.24 bits per heavy atom. The van der Waals surface area contributed by atoms with Crippen molar-refractivity contribution in [3.63, 3.8) is 0 Å². The number of imidazole rings is 1. The smallest absolute Gasteiger partial charge is 0.274 e. The van der Waals surface area contributed by atoms with Crippen LogP contribution in [0.2, 0.25) is 0 Å².